The Morgan fingerprint density at radius 1 is 0.962 bits per heavy atom. The van der Waals surface area contributed by atoms with Crippen molar-refractivity contribution in [2.24, 2.45) is 0 Å². The second kappa shape index (κ2) is 8.66. The fourth-order valence-corrected chi connectivity index (χ4v) is 2.56. The van der Waals surface area contributed by atoms with Crippen LogP contribution in [0, 0.1) is 0 Å². The summed E-state index contributed by atoms with van der Waals surface area (Å²) in [6.07, 6.45) is 0. The average Bonchev–Trinajstić information content (AvgIpc) is 2.65. The summed E-state index contributed by atoms with van der Waals surface area (Å²) in [7, 11) is 0. The van der Waals surface area contributed by atoms with Crippen LogP contribution in [-0.4, -0.2) is 47.7 Å². The number of nitrogens with one attached hydrogen (secondary N) is 1. The molecule has 0 aliphatic rings. The second-order valence-electron chi connectivity index (χ2n) is 5.54. The summed E-state index contributed by atoms with van der Waals surface area (Å²) in [6.45, 7) is 3.74. The molecule has 0 radical (unpaired) electrons. The zero-order valence-electron chi connectivity index (χ0n) is 14.3. The number of para-hydroxylation sites is 1. The smallest absolute Gasteiger partial charge is 0.336 e. The summed E-state index contributed by atoms with van der Waals surface area (Å²) in [6, 6.07) is 13.3. The van der Waals surface area contributed by atoms with Crippen LogP contribution in [0.3, 0.4) is 0 Å². The topological polar surface area (TPSA) is 107 Å². The summed E-state index contributed by atoms with van der Waals surface area (Å²) in [5.74, 6) is -3.19. The van der Waals surface area contributed by atoms with E-state index in [2.05, 4.69) is 10.2 Å². The molecule has 2 rings (SSSR count). The molecule has 1 amide bonds. The average molecular weight is 356 g/mol. The predicted molar refractivity (Wildman–Crippen MR) is 97.0 cm³/mol. The Balaban J connectivity index is 2.02. The molecule has 0 saturated heterocycles. The zero-order valence-corrected chi connectivity index (χ0v) is 14.3. The normalized spacial score (nSPS) is 10.2. The zero-order chi connectivity index (χ0) is 19.1. The van der Waals surface area contributed by atoms with Gasteiger partial charge in [0.1, 0.15) is 0 Å². The van der Waals surface area contributed by atoms with Crippen molar-refractivity contribution < 1.29 is 24.6 Å². The number of anilines is 1. The minimum atomic E-state index is -1.39. The summed E-state index contributed by atoms with van der Waals surface area (Å²) in [5, 5.41) is 20.9. The Bertz CT molecular complexity index is 805. The van der Waals surface area contributed by atoms with E-state index in [1.165, 1.54) is 6.07 Å². The highest BCUT2D eigenvalue weighted by atomic mass is 16.4. The third-order valence-corrected chi connectivity index (χ3v) is 3.91. The maximum absolute atomic E-state index is 12.2. The van der Waals surface area contributed by atoms with Gasteiger partial charge in [0.2, 0.25) is 0 Å². The number of amides is 1. The maximum Gasteiger partial charge on any atom is 0.336 e. The lowest BCUT2D eigenvalue weighted by Crippen LogP contribution is -2.35. The van der Waals surface area contributed by atoms with Gasteiger partial charge in [-0.25, -0.2) is 9.59 Å². The van der Waals surface area contributed by atoms with E-state index in [0.717, 1.165) is 24.4 Å². The minimum Gasteiger partial charge on any atom is -0.478 e. The highest BCUT2D eigenvalue weighted by Crippen LogP contribution is 2.14. The van der Waals surface area contributed by atoms with Crippen LogP contribution < -0.4 is 10.2 Å². The molecule has 7 heteroatoms. The number of hydrogen-bond acceptors (Lipinski definition) is 4. The van der Waals surface area contributed by atoms with Crippen molar-refractivity contribution in [1.29, 1.82) is 0 Å². The lowest BCUT2D eigenvalue weighted by Gasteiger charge is -2.23. The van der Waals surface area contributed by atoms with Gasteiger partial charge in [0.05, 0.1) is 11.1 Å². The van der Waals surface area contributed by atoms with E-state index in [0.29, 0.717) is 13.1 Å². The minimum absolute atomic E-state index is 0.107. The summed E-state index contributed by atoms with van der Waals surface area (Å²) >= 11 is 0. The molecule has 0 saturated carbocycles. The first kappa shape index (κ1) is 19.0. The molecule has 0 bridgehead atoms. The van der Waals surface area contributed by atoms with Gasteiger partial charge in [-0.3, -0.25) is 4.79 Å². The van der Waals surface area contributed by atoms with Crippen molar-refractivity contribution in [3.63, 3.8) is 0 Å². The van der Waals surface area contributed by atoms with Crippen LogP contribution in [0.2, 0.25) is 0 Å². The molecule has 26 heavy (non-hydrogen) atoms. The van der Waals surface area contributed by atoms with Crippen LogP contribution in [0.1, 0.15) is 38.0 Å². The van der Waals surface area contributed by atoms with Gasteiger partial charge >= 0.3 is 11.9 Å². The van der Waals surface area contributed by atoms with E-state index >= 15 is 0 Å². The number of likely N-dealkylation sites (N-methyl/N-ethyl adjacent to an activating group) is 1. The fourth-order valence-electron chi connectivity index (χ4n) is 2.56. The first-order valence-corrected chi connectivity index (χ1v) is 8.13. The first-order valence-electron chi connectivity index (χ1n) is 8.13. The molecule has 0 aromatic heterocycles. The molecule has 2 aromatic rings. The lowest BCUT2D eigenvalue weighted by molar-refractivity contribution is 0.0651. The lowest BCUT2D eigenvalue weighted by atomic mass is 10.0. The van der Waals surface area contributed by atoms with Gasteiger partial charge in [-0.15, -0.1) is 0 Å². The Hall–Kier alpha value is -3.35. The number of benzene rings is 2. The van der Waals surface area contributed by atoms with Crippen LogP contribution in [0.25, 0.3) is 0 Å². The first-order chi connectivity index (χ1) is 12.4. The molecule has 0 aliphatic heterocycles. The van der Waals surface area contributed by atoms with E-state index < -0.39 is 23.4 Å². The number of rotatable bonds is 8. The Labute approximate surface area is 150 Å². The van der Waals surface area contributed by atoms with E-state index in [9.17, 15) is 14.4 Å². The summed E-state index contributed by atoms with van der Waals surface area (Å²) in [4.78, 5) is 36.6. The van der Waals surface area contributed by atoms with Gasteiger partial charge in [0, 0.05) is 30.9 Å². The van der Waals surface area contributed by atoms with E-state index in [4.69, 9.17) is 10.2 Å². The molecule has 136 valence electrons. The molecule has 0 atom stereocenters. The quantitative estimate of drug-likeness (QED) is 0.670. The van der Waals surface area contributed by atoms with Crippen LogP contribution in [0.15, 0.2) is 48.5 Å². The van der Waals surface area contributed by atoms with Crippen LogP contribution in [-0.2, 0) is 0 Å². The van der Waals surface area contributed by atoms with Gasteiger partial charge < -0.3 is 20.4 Å². The molecule has 0 heterocycles. The van der Waals surface area contributed by atoms with Crippen molar-refractivity contribution in [1.82, 2.24) is 5.32 Å². The molecular weight excluding hydrogens is 336 g/mol. The monoisotopic (exact) mass is 356 g/mol. The molecule has 0 unspecified atom stereocenters. The number of nitrogens with zero attached hydrogens (tertiary/aromatic N) is 1. The maximum atomic E-state index is 12.2. The van der Waals surface area contributed by atoms with Gasteiger partial charge in [0.25, 0.3) is 5.91 Å². The standard InChI is InChI=1S/C19H20N2O5/c1-2-21(14-6-4-3-5-7-14)11-10-20-17(22)13-8-9-15(18(23)24)16(12-13)19(25)26/h3-9,12H,2,10-11H2,1H3,(H,20,22)(H,23,24)(H,25,26). The summed E-state index contributed by atoms with van der Waals surface area (Å²) < 4.78 is 0. The molecule has 3 N–H and O–H groups in total. The summed E-state index contributed by atoms with van der Waals surface area (Å²) in [5.41, 5.74) is 0.387. The second-order valence-corrected chi connectivity index (χ2v) is 5.54. The van der Waals surface area contributed by atoms with Crippen molar-refractivity contribution in [2.75, 3.05) is 24.5 Å². The highest BCUT2D eigenvalue weighted by molar-refractivity contribution is 6.04. The highest BCUT2D eigenvalue weighted by Gasteiger charge is 2.18. The van der Waals surface area contributed by atoms with Crippen LogP contribution in [0.4, 0.5) is 5.69 Å². The van der Waals surface area contributed by atoms with E-state index in [1.54, 1.807) is 0 Å². The SMILES string of the molecule is CCN(CCNC(=O)c1ccc(C(=O)O)c(C(=O)O)c1)c1ccccc1. The third-order valence-electron chi connectivity index (χ3n) is 3.91. The third kappa shape index (κ3) is 4.60. The van der Waals surface area contributed by atoms with Crippen molar-refractivity contribution in [3.05, 3.63) is 65.2 Å². The van der Waals surface area contributed by atoms with Crippen molar-refractivity contribution in [2.45, 2.75) is 6.92 Å². The number of carbonyl (C=O) groups excluding carboxylic acids is 1. The van der Waals surface area contributed by atoms with Gasteiger partial charge in [-0.05, 0) is 37.3 Å². The van der Waals surface area contributed by atoms with Crippen LogP contribution in [0.5, 0.6) is 0 Å². The van der Waals surface area contributed by atoms with Gasteiger partial charge in [0.15, 0.2) is 0 Å². The van der Waals surface area contributed by atoms with E-state index in [-0.39, 0.29) is 11.1 Å². The van der Waals surface area contributed by atoms with Crippen LogP contribution >= 0.6 is 0 Å². The predicted octanol–water partition coefficient (Wildman–Crippen LogP) is 2.34. The Kier molecular flexibility index (Phi) is 6.32. The molecular formula is C19H20N2O5. The molecule has 0 fully saturated rings. The van der Waals surface area contributed by atoms with Gasteiger partial charge in [-0.1, -0.05) is 18.2 Å². The van der Waals surface area contributed by atoms with Crippen molar-refractivity contribution >= 4 is 23.5 Å². The number of aromatic carboxylic acids is 2. The van der Waals surface area contributed by atoms with Crippen molar-refractivity contribution in [3.8, 4) is 0 Å². The molecule has 0 spiro atoms. The van der Waals surface area contributed by atoms with E-state index in [1.807, 2.05) is 37.3 Å². The molecule has 2 aromatic carbocycles. The number of carboxylic acid groups (broad SMARTS) is 2. The fraction of sp³-hybridized carbons (Fsp3) is 0.211. The Morgan fingerprint density at radius 2 is 1.62 bits per heavy atom. The molecule has 0 aliphatic carbocycles. The number of carboxylic acids is 2. The number of hydrogen-bond donors (Lipinski definition) is 3. The Morgan fingerprint density at radius 3 is 2.19 bits per heavy atom. The largest absolute Gasteiger partial charge is 0.478 e. The molecule has 7 nitrogen and oxygen atoms in total. The number of carbonyl (C=O) groups is 3. The van der Waals surface area contributed by atoms with Gasteiger partial charge in [-0.2, -0.15) is 0 Å².